The molecule has 1 aromatic carbocycles. The summed E-state index contributed by atoms with van der Waals surface area (Å²) in [6.07, 6.45) is 0.333. The first-order chi connectivity index (χ1) is 11.7. The Kier molecular flexibility index (Phi) is 7.16. The van der Waals surface area contributed by atoms with Gasteiger partial charge in [-0.2, -0.15) is 0 Å². The average molecular weight is 354 g/mol. The second kappa shape index (κ2) is 8.86. The number of methoxy groups -OCH3 is 3. The highest BCUT2D eigenvalue weighted by Crippen LogP contribution is 2.34. The molecule has 1 aromatic rings. The fraction of sp³-hybridized carbons (Fsp3) is 0.500. The van der Waals surface area contributed by atoms with E-state index in [9.17, 15) is 19.7 Å². The first kappa shape index (κ1) is 20.2. The summed E-state index contributed by atoms with van der Waals surface area (Å²) in [5.74, 6) is -1.01. The summed E-state index contributed by atoms with van der Waals surface area (Å²) >= 11 is 0. The quantitative estimate of drug-likeness (QED) is 0.430. The molecule has 0 aromatic heterocycles. The molecule has 0 saturated carbocycles. The highest BCUT2D eigenvalue weighted by Gasteiger charge is 2.29. The molecule has 9 nitrogen and oxygen atoms in total. The van der Waals surface area contributed by atoms with Gasteiger partial charge >= 0.3 is 5.97 Å². The minimum absolute atomic E-state index is 0.102. The average Bonchev–Trinajstić information content (AvgIpc) is 2.58. The number of benzene rings is 1. The van der Waals surface area contributed by atoms with Crippen molar-refractivity contribution in [1.82, 2.24) is 5.32 Å². The summed E-state index contributed by atoms with van der Waals surface area (Å²) in [6, 6.07) is 1.39. The number of rotatable bonds is 8. The molecule has 138 valence electrons. The van der Waals surface area contributed by atoms with Gasteiger partial charge in [0.15, 0.2) is 11.5 Å². The summed E-state index contributed by atoms with van der Waals surface area (Å²) < 4.78 is 14.8. The van der Waals surface area contributed by atoms with Crippen molar-refractivity contribution in [3.05, 3.63) is 27.8 Å². The molecule has 25 heavy (non-hydrogen) atoms. The SMILES string of the molecule is COC(=O)[C@@H](CC(C)C)NC(=O)c1cc(OC)c(OC)cc1[N+](=O)[O-]. The third-order valence-corrected chi connectivity index (χ3v) is 3.44. The van der Waals surface area contributed by atoms with E-state index in [-0.39, 0.29) is 23.0 Å². The van der Waals surface area contributed by atoms with Gasteiger partial charge in [-0.3, -0.25) is 14.9 Å². The number of hydrogen-bond donors (Lipinski definition) is 1. The number of amides is 1. The Morgan fingerprint density at radius 2 is 1.72 bits per heavy atom. The second-order valence-corrected chi connectivity index (χ2v) is 5.66. The van der Waals surface area contributed by atoms with Gasteiger partial charge in [-0.05, 0) is 12.3 Å². The van der Waals surface area contributed by atoms with Crippen molar-refractivity contribution < 1.29 is 28.7 Å². The first-order valence-corrected chi connectivity index (χ1v) is 7.54. The van der Waals surface area contributed by atoms with E-state index in [4.69, 9.17) is 9.47 Å². The van der Waals surface area contributed by atoms with Crippen molar-refractivity contribution in [1.29, 1.82) is 0 Å². The van der Waals surface area contributed by atoms with Crippen LogP contribution in [0.4, 0.5) is 5.69 Å². The lowest BCUT2D eigenvalue weighted by molar-refractivity contribution is -0.385. The molecule has 9 heteroatoms. The van der Waals surface area contributed by atoms with Crippen LogP contribution < -0.4 is 14.8 Å². The largest absolute Gasteiger partial charge is 0.493 e. The maximum Gasteiger partial charge on any atom is 0.328 e. The minimum atomic E-state index is -0.912. The molecule has 0 heterocycles. The number of nitro benzene ring substituents is 1. The maximum atomic E-state index is 12.5. The predicted octanol–water partition coefficient (Wildman–Crippen LogP) is 1.93. The maximum absolute atomic E-state index is 12.5. The Morgan fingerprint density at radius 1 is 1.16 bits per heavy atom. The molecule has 0 saturated heterocycles. The van der Waals surface area contributed by atoms with E-state index in [0.29, 0.717) is 6.42 Å². The van der Waals surface area contributed by atoms with Crippen LogP contribution in [0.5, 0.6) is 11.5 Å². The normalized spacial score (nSPS) is 11.6. The first-order valence-electron chi connectivity index (χ1n) is 7.54. The van der Waals surface area contributed by atoms with Crippen LogP contribution >= 0.6 is 0 Å². The predicted molar refractivity (Wildman–Crippen MR) is 88.9 cm³/mol. The lowest BCUT2D eigenvalue weighted by Crippen LogP contribution is -2.42. The fourth-order valence-electron chi connectivity index (χ4n) is 2.26. The van der Waals surface area contributed by atoms with Gasteiger partial charge in [0.2, 0.25) is 0 Å². The third-order valence-electron chi connectivity index (χ3n) is 3.44. The van der Waals surface area contributed by atoms with E-state index >= 15 is 0 Å². The topological polar surface area (TPSA) is 117 Å². The van der Waals surface area contributed by atoms with Crippen molar-refractivity contribution in [2.45, 2.75) is 26.3 Å². The molecule has 0 aliphatic heterocycles. The van der Waals surface area contributed by atoms with E-state index in [1.807, 2.05) is 13.8 Å². The molecule has 1 N–H and O–H groups in total. The van der Waals surface area contributed by atoms with Gasteiger partial charge < -0.3 is 19.5 Å². The molecule has 0 bridgehead atoms. The highest BCUT2D eigenvalue weighted by atomic mass is 16.6. The van der Waals surface area contributed by atoms with Crippen LogP contribution in [0.2, 0.25) is 0 Å². The van der Waals surface area contributed by atoms with Gasteiger partial charge in [-0.1, -0.05) is 13.8 Å². The van der Waals surface area contributed by atoms with Crippen molar-refractivity contribution in [3.8, 4) is 11.5 Å². The molecule has 0 fully saturated rings. The second-order valence-electron chi connectivity index (χ2n) is 5.66. The van der Waals surface area contributed by atoms with E-state index in [0.717, 1.165) is 6.07 Å². The van der Waals surface area contributed by atoms with E-state index in [1.165, 1.54) is 27.4 Å². The van der Waals surface area contributed by atoms with Gasteiger partial charge in [0.1, 0.15) is 11.6 Å². The number of hydrogen-bond acceptors (Lipinski definition) is 7. The van der Waals surface area contributed by atoms with Crippen LogP contribution in [0.25, 0.3) is 0 Å². The number of carbonyl (C=O) groups is 2. The van der Waals surface area contributed by atoms with Gasteiger partial charge in [0.05, 0.1) is 32.3 Å². The Morgan fingerprint density at radius 3 is 2.16 bits per heavy atom. The monoisotopic (exact) mass is 354 g/mol. The van der Waals surface area contributed by atoms with Crippen molar-refractivity contribution in [3.63, 3.8) is 0 Å². The smallest absolute Gasteiger partial charge is 0.328 e. The van der Waals surface area contributed by atoms with Gasteiger partial charge in [-0.25, -0.2) is 4.79 Å². The zero-order chi connectivity index (χ0) is 19.1. The zero-order valence-electron chi connectivity index (χ0n) is 14.8. The van der Waals surface area contributed by atoms with Crippen molar-refractivity contribution in [2.75, 3.05) is 21.3 Å². The van der Waals surface area contributed by atoms with Crippen LogP contribution in [0, 0.1) is 16.0 Å². The minimum Gasteiger partial charge on any atom is -0.493 e. The molecule has 0 spiro atoms. The molecular weight excluding hydrogens is 332 g/mol. The van der Waals surface area contributed by atoms with Crippen LogP contribution in [-0.2, 0) is 9.53 Å². The molecule has 0 unspecified atom stereocenters. The Labute approximate surface area is 145 Å². The Bertz CT molecular complexity index is 658. The molecular formula is C16H22N2O7. The lowest BCUT2D eigenvalue weighted by atomic mass is 10.0. The highest BCUT2D eigenvalue weighted by molar-refractivity contribution is 6.00. The summed E-state index contributed by atoms with van der Waals surface area (Å²) in [5.41, 5.74) is -0.691. The van der Waals surface area contributed by atoms with Crippen molar-refractivity contribution >= 4 is 17.6 Å². The number of nitrogens with zero attached hydrogens (tertiary/aromatic N) is 1. The number of ether oxygens (including phenoxy) is 3. The van der Waals surface area contributed by atoms with Gasteiger partial charge in [0.25, 0.3) is 11.6 Å². The standard InChI is InChI=1S/C16H22N2O7/c1-9(2)6-11(16(20)25-5)17-15(19)10-7-13(23-3)14(24-4)8-12(10)18(21)22/h7-9,11H,6H2,1-5H3,(H,17,19)/t11-/m1/s1. The van der Waals surface area contributed by atoms with Crippen LogP contribution in [-0.4, -0.2) is 44.2 Å². The number of nitro groups is 1. The van der Waals surface area contributed by atoms with Crippen LogP contribution in [0.3, 0.4) is 0 Å². The Balaban J connectivity index is 3.26. The molecule has 0 radical (unpaired) electrons. The molecule has 0 aliphatic carbocycles. The van der Waals surface area contributed by atoms with E-state index < -0.39 is 28.5 Å². The van der Waals surface area contributed by atoms with Gasteiger partial charge in [0, 0.05) is 6.07 Å². The molecule has 1 amide bonds. The molecule has 0 aliphatic rings. The molecule has 1 rings (SSSR count). The van der Waals surface area contributed by atoms with Crippen molar-refractivity contribution in [2.24, 2.45) is 5.92 Å². The summed E-state index contributed by atoms with van der Waals surface area (Å²) in [7, 11) is 3.89. The number of nitrogens with one attached hydrogen (secondary N) is 1. The Hall–Kier alpha value is -2.84. The number of carbonyl (C=O) groups excluding carboxylic acids is 2. The summed E-state index contributed by atoms with van der Waals surface area (Å²) in [4.78, 5) is 35.0. The van der Waals surface area contributed by atoms with Crippen LogP contribution in [0.1, 0.15) is 30.6 Å². The zero-order valence-corrected chi connectivity index (χ0v) is 14.8. The fourth-order valence-corrected chi connectivity index (χ4v) is 2.26. The van der Waals surface area contributed by atoms with Crippen LogP contribution in [0.15, 0.2) is 12.1 Å². The summed E-state index contributed by atoms with van der Waals surface area (Å²) in [6.45, 7) is 3.75. The number of esters is 1. The van der Waals surface area contributed by atoms with Gasteiger partial charge in [-0.15, -0.1) is 0 Å². The van der Waals surface area contributed by atoms with E-state index in [2.05, 4.69) is 10.1 Å². The lowest BCUT2D eigenvalue weighted by Gasteiger charge is -2.18. The van der Waals surface area contributed by atoms with E-state index in [1.54, 1.807) is 0 Å². The third kappa shape index (κ3) is 5.07. The molecule has 1 atom stereocenters. The summed E-state index contributed by atoms with van der Waals surface area (Å²) in [5, 5.41) is 13.8.